The van der Waals surface area contributed by atoms with E-state index >= 15 is 0 Å². The van der Waals surface area contributed by atoms with Gasteiger partial charge >= 0.3 is 0 Å². The molecule has 172 valence electrons. The predicted molar refractivity (Wildman–Crippen MR) is 127 cm³/mol. The molecular weight excluding hydrogens is 364 g/mol. The molecule has 0 aromatic heterocycles. The van der Waals surface area contributed by atoms with Crippen LogP contribution < -0.4 is 0 Å². The number of rotatable bonds is 6. The Labute approximate surface area is 187 Å². The Kier molecular flexibility index (Phi) is 6.51. The molecule has 4 aliphatic carbocycles. The molecule has 4 rings (SSSR count). The van der Waals surface area contributed by atoms with Gasteiger partial charge in [0.25, 0.3) is 0 Å². The number of carbonyl (C=O) groups excluding carboxylic acids is 1. The first kappa shape index (κ1) is 22.8. The minimum Gasteiger partial charge on any atom is -0.299 e. The van der Waals surface area contributed by atoms with E-state index in [1.165, 1.54) is 70.6 Å². The highest BCUT2D eigenvalue weighted by Gasteiger charge is 2.63. The normalized spacial score (nSPS) is 45.6. The Hall–Kier alpha value is -0.330. The quantitative estimate of drug-likeness (QED) is 0.427. The molecule has 0 bridgehead atoms. The second-order valence-corrected chi connectivity index (χ2v) is 13.1. The van der Waals surface area contributed by atoms with Crippen LogP contribution in [0.1, 0.15) is 119 Å². The van der Waals surface area contributed by atoms with E-state index in [2.05, 4.69) is 41.5 Å². The molecule has 1 unspecified atom stereocenters. The van der Waals surface area contributed by atoms with Crippen molar-refractivity contribution in [2.24, 2.45) is 58.2 Å². The van der Waals surface area contributed by atoms with Gasteiger partial charge in [-0.05, 0) is 97.2 Å². The second kappa shape index (κ2) is 8.55. The van der Waals surface area contributed by atoms with Crippen molar-refractivity contribution in [1.29, 1.82) is 0 Å². The van der Waals surface area contributed by atoms with E-state index in [0.717, 1.165) is 41.9 Å². The van der Waals surface area contributed by atoms with Gasteiger partial charge in [0.2, 0.25) is 0 Å². The van der Waals surface area contributed by atoms with Gasteiger partial charge in [-0.3, -0.25) is 4.79 Å². The molecule has 0 aromatic rings. The Balaban J connectivity index is 1.50. The molecule has 4 aliphatic rings. The fraction of sp³-hybridized carbons (Fsp3) is 0.966. The van der Waals surface area contributed by atoms with E-state index in [1.807, 2.05) is 0 Å². The van der Waals surface area contributed by atoms with Gasteiger partial charge in [0.1, 0.15) is 5.78 Å². The maximum absolute atomic E-state index is 13.8. The lowest BCUT2D eigenvalue weighted by atomic mass is 9.44. The Morgan fingerprint density at radius 2 is 1.70 bits per heavy atom. The zero-order valence-electron chi connectivity index (χ0n) is 21.0. The molecule has 30 heavy (non-hydrogen) atoms. The smallest absolute Gasteiger partial charge is 0.137 e. The van der Waals surface area contributed by atoms with Crippen molar-refractivity contribution in [1.82, 2.24) is 0 Å². The molecule has 4 fully saturated rings. The molecule has 4 saturated carbocycles. The van der Waals surface area contributed by atoms with Crippen LogP contribution in [0.25, 0.3) is 0 Å². The van der Waals surface area contributed by atoms with Gasteiger partial charge in [-0.15, -0.1) is 0 Å². The topological polar surface area (TPSA) is 17.1 Å². The zero-order valence-corrected chi connectivity index (χ0v) is 21.0. The summed E-state index contributed by atoms with van der Waals surface area (Å²) in [5, 5.41) is 0. The first-order valence-corrected chi connectivity index (χ1v) is 13.7. The lowest BCUT2D eigenvalue weighted by Crippen LogP contribution is -2.57. The summed E-state index contributed by atoms with van der Waals surface area (Å²) in [6.07, 6.45) is 16.0. The van der Waals surface area contributed by atoms with Crippen LogP contribution in [0.5, 0.6) is 0 Å². The van der Waals surface area contributed by atoms with Crippen LogP contribution in [0.4, 0.5) is 0 Å². The van der Waals surface area contributed by atoms with E-state index < -0.39 is 0 Å². The first-order valence-electron chi connectivity index (χ1n) is 13.7. The monoisotopic (exact) mass is 414 g/mol. The Morgan fingerprint density at radius 1 is 0.933 bits per heavy atom. The third kappa shape index (κ3) is 3.63. The van der Waals surface area contributed by atoms with Crippen LogP contribution in [-0.4, -0.2) is 5.78 Å². The van der Waals surface area contributed by atoms with Crippen molar-refractivity contribution in [3.05, 3.63) is 0 Å². The molecule has 0 saturated heterocycles. The van der Waals surface area contributed by atoms with Crippen LogP contribution in [0.2, 0.25) is 0 Å². The average molecular weight is 415 g/mol. The predicted octanol–water partition coefficient (Wildman–Crippen LogP) is 8.31. The Morgan fingerprint density at radius 3 is 2.40 bits per heavy atom. The number of Topliss-reactive ketones (excluding diaryl/α,β-unsaturated/α-hetero) is 1. The summed E-state index contributed by atoms with van der Waals surface area (Å²) in [6.45, 7) is 14.8. The highest BCUT2D eigenvalue weighted by atomic mass is 16.1. The standard InChI is InChI=1S/C29H50O/c1-7-21(19(2)3)12-11-20(4)24-15-16-25-23-14-13-22-10-8-9-17-28(22,5)27(23)26(30)18-29(24,25)6/h19-25,27H,7-18H2,1-6H3/t20-,21-,22?,23+,24-,25+,27-,28+,29-/m1/s1. The molecule has 0 amide bonds. The molecule has 0 spiro atoms. The third-order valence-corrected chi connectivity index (χ3v) is 11.5. The maximum Gasteiger partial charge on any atom is 0.137 e. The molecule has 0 N–H and O–H groups in total. The fourth-order valence-corrected chi connectivity index (χ4v) is 9.77. The Bertz CT molecular complexity index is 622. The fourth-order valence-electron chi connectivity index (χ4n) is 9.77. The van der Waals surface area contributed by atoms with Crippen molar-refractivity contribution in [2.75, 3.05) is 0 Å². The second-order valence-electron chi connectivity index (χ2n) is 13.1. The summed E-state index contributed by atoms with van der Waals surface area (Å²) < 4.78 is 0. The average Bonchev–Trinajstić information content (AvgIpc) is 3.03. The lowest BCUT2D eigenvalue weighted by Gasteiger charge is -2.59. The lowest BCUT2D eigenvalue weighted by molar-refractivity contribution is -0.158. The maximum atomic E-state index is 13.8. The summed E-state index contributed by atoms with van der Waals surface area (Å²) in [5.74, 6) is 6.65. The van der Waals surface area contributed by atoms with Gasteiger partial charge in [0, 0.05) is 12.3 Å². The highest BCUT2D eigenvalue weighted by Crippen LogP contribution is 2.67. The molecule has 1 heteroatoms. The summed E-state index contributed by atoms with van der Waals surface area (Å²) in [7, 11) is 0. The minimum atomic E-state index is 0.287. The molecular formula is C29H50O. The van der Waals surface area contributed by atoms with Crippen molar-refractivity contribution < 1.29 is 4.79 Å². The van der Waals surface area contributed by atoms with Gasteiger partial charge < -0.3 is 0 Å². The third-order valence-electron chi connectivity index (χ3n) is 11.5. The van der Waals surface area contributed by atoms with Gasteiger partial charge in [0.05, 0.1) is 0 Å². The number of hydrogen-bond donors (Lipinski definition) is 0. The molecule has 0 radical (unpaired) electrons. The van der Waals surface area contributed by atoms with Crippen molar-refractivity contribution in [3.8, 4) is 0 Å². The van der Waals surface area contributed by atoms with Crippen LogP contribution >= 0.6 is 0 Å². The highest BCUT2D eigenvalue weighted by molar-refractivity contribution is 5.84. The molecule has 1 nitrogen and oxygen atoms in total. The van der Waals surface area contributed by atoms with Gasteiger partial charge in [-0.25, -0.2) is 0 Å². The van der Waals surface area contributed by atoms with E-state index in [-0.39, 0.29) is 5.41 Å². The van der Waals surface area contributed by atoms with E-state index in [1.54, 1.807) is 0 Å². The van der Waals surface area contributed by atoms with Gasteiger partial charge in [-0.2, -0.15) is 0 Å². The molecule has 0 heterocycles. The minimum absolute atomic E-state index is 0.287. The summed E-state index contributed by atoms with van der Waals surface area (Å²) in [5.41, 5.74) is 0.615. The first-order chi connectivity index (χ1) is 14.2. The van der Waals surface area contributed by atoms with Crippen molar-refractivity contribution >= 4 is 5.78 Å². The van der Waals surface area contributed by atoms with Crippen LogP contribution in [0.3, 0.4) is 0 Å². The number of carbonyl (C=O) groups is 1. The van der Waals surface area contributed by atoms with Crippen molar-refractivity contribution in [2.45, 2.75) is 119 Å². The molecule has 9 atom stereocenters. The van der Waals surface area contributed by atoms with E-state index in [0.29, 0.717) is 23.0 Å². The van der Waals surface area contributed by atoms with E-state index in [9.17, 15) is 4.79 Å². The summed E-state index contributed by atoms with van der Waals surface area (Å²) in [6, 6.07) is 0. The van der Waals surface area contributed by atoms with Gasteiger partial charge in [0.15, 0.2) is 0 Å². The number of fused-ring (bicyclic) bond motifs is 5. The zero-order chi connectivity index (χ0) is 21.7. The molecule has 0 aliphatic heterocycles. The summed E-state index contributed by atoms with van der Waals surface area (Å²) in [4.78, 5) is 13.8. The molecule has 0 aromatic carbocycles. The van der Waals surface area contributed by atoms with Crippen LogP contribution in [0, 0.1) is 58.2 Å². The number of ketones is 1. The SMILES string of the molecule is CC[C@H](CC[C@@H](C)[C@H]1CC[C@H]2[C@@H]3CCC4CCCC[C@]4(C)[C@H]3C(=O)C[C@]12C)C(C)C. The van der Waals surface area contributed by atoms with Gasteiger partial charge in [-0.1, -0.05) is 67.2 Å². The van der Waals surface area contributed by atoms with Crippen LogP contribution in [-0.2, 0) is 4.79 Å². The summed E-state index contributed by atoms with van der Waals surface area (Å²) >= 11 is 0. The number of hydrogen-bond acceptors (Lipinski definition) is 1. The largest absolute Gasteiger partial charge is 0.299 e. The van der Waals surface area contributed by atoms with E-state index in [4.69, 9.17) is 0 Å². The van der Waals surface area contributed by atoms with Crippen LogP contribution in [0.15, 0.2) is 0 Å². The van der Waals surface area contributed by atoms with Crippen molar-refractivity contribution in [3.63, 3.8) is 0 Å².